The maximum absolute atomic E-state index is 12.6. The summed E-state index contributed by atoms with van der Waals surface area (Å²) in [5.74, 6) is 0.495. The second-order valence-corrected chi connectivity index (χ2v) is 8.31. The van der Waals surface area contributed by atoms with E-state index in [1.54, 1.807) is 38.7 Å². The fourth-order valence-electron chi connectivity index (χ4n) is 3.56. The molecule has 1 aliphatic carbocycles. The molecule has 0 bridgehead atoms. The standard InChI is InChI=1S/C20H22N4O5S/c1-20(12-5-6-12)17(26)24(19(27)23-20)9-16(25)22-18-21-13(10-30-18)11-4-7-14(28-2)15(8-11)29-3/h4,7-8,10,12H,5-6,9H2,1-3H3,(H,23,27)(H,21,22,25). The van der Waals surface area contributed by atoms with Crippen LogP contribution >= 0.6 is 11.3 Å². The molecule has 4 rings (SSSR count). The molecule has 1 atom stereocenters. The number of hydrogen-bond acceptors (Lipinski definition) is 7. The molecule has 10 heteroatoms. The van der Waals surface area contributed by atoms with Crippen molar-refractivity contribution < 1.29 is 23.9 Å². The number of benzene rings is 1. The Kier molecular flexibility index (Phi) is 5.10. The highest BCUT2D eigenvalue weighted by atomic mass is 32.1. The summed E-state index contributed by atoms with van der Waals surface area (Å²) in [6, 6.07) is 4.88. The normalized spacial score (nSPS) is 20.8. The van der Waals surface area contributed by atoms with Gasteiger partial charge in [-0.2, -0.15) is 0 Å². The van der Waals surface area contributed by atoms with Crippen LogP contribution in [0.5, 0.6) is 11.5 Å². The monoisotopic (exact) mass is 430 g/mol. The topological polar surface area (TPSA) is 110 Å². The Morgan fingerprint density at radius 3 is 2.70 bits per heavy atom. The Morgan fingerprint density at radius 2 is 2.03 bits per heavy atom. The summed E-state index contributed by atoms with van der Waals surface area (Å²) in [5.41, 5.74) is 0.560. The second kappa shape index (κ2) is 7.60. The van der Waals surface area contributed by atoms with Gasteiger partial charge in [-0.05, 0) is 43.9 Å². The molecule has 2 aliphatic rings. The van der Waals surface area contributed by atoms with Crippen LogP contribution < -0.4 is 20.1 Å². The van der Waals surface area contributed by atoms with Crippen LogP contribution in [0.4, 0.5) is 9.93 Å². The first-order valence-corrected chi connectivity index (χ1v) is 10.4. The molecule has 0 spiro atoms. The highest BCUT2D eigenvalue weighted by Gasteiger charge is 2.56. The number of thiazole rings is 1. The number of imide groups is 1. The number of rotatable bonds is 7. The molecule has 158 valence electrons. The zero-order valence-electron chi connectivity index (χ0n) is 16.9. The van der Waals surface area contributed by atoms with Crippen LogP contribution in [-0.4, -0.2) is 54.0 Å². The van der Waals surface area contributed by atoms with Gasteiger partial charge < -0.3 is 20.1 Å². The number of urea groups is 1. The van der Waals surface area contributed by atoms with Gasteiger partial charge in [0.2, 0.25) is 5.91 Å². The van der Waals surface area contributed by atoms with Gasteiger partial charge in [0.05, 0.1) is 19.9 Å². The minimum absolute atomic E-state index is 0.144. The number of anilines is 1. The van der Waals surface area contributed by atoms with Gasteiger partial charge in [0.1, 0.15) is 12.1 Å². The minimum Gasteiger partial charge on any atom is -0.493 e. The number of amides is 4. The Bertz CT molecular complexity index is 1020. The van der Waals surface area contributed by atoms with Gasteiger partial charge >= 0.3 is 6.03 Å². The summed E-state index contributed by atoms with van der Waals surface area (Å²) < 4.78 is 10.5. The number of nitrogens with zero attached hydrogens (tertiary/aromatic N) is 2. The van der Waals surface area contributed by atoms with E-state index in [9.17, 15) is 14.4 Å². The van der Waals surface area contributed by atoms with Crippen molar-refractivity contribution in [1.82, 2.24) is 15.2 Å². The van der Waals surface area contributed by atoms with E-state index < -0.39 is 17.5 Å². The average Bonchev–Trinajstić information content (AvgIpc) is 3.46. The number of ether oxygens (including phenoxy) is 2. The third-order valence-corrected chi connectivity index (χ3v) is 6.18. The molecule has 2 heterocycles. The molecule has 0 radical (unpaired) electrons. The van der Waals surface area contributed by atoms with Crippen molar-refractivity contribution in [2.45, 2.75) is 25.3 Å². The maximum atomic E-state index is 12.6. The molecule has 2 N–H and O–H groups in total. The lowest BCUT2D eigenvalue weighted by molar-refractivity contribution is -0.134. The lowest BCUT2D eigenvalue weighted by Gasteiger charge is -2.20. The zero-order chi connectivity index (χ0) is 21.5. The van der Waals surface area contributed by atoms with E-state index in [2.05, 4.69) is 15.6 Å². The summed E-state index contributed by atoms with van der Waals surface area (Å²) in [4.78, 5) is 42.7. The number of carbonyl (C=O) groups excluding carboxylic acids is 3. The number of methoxy groups -OCH3 is 2. The van der Waals surface area contributed by atoms with Crippen molar-refractivity contribution >= 4 is 34.3 Å². The van der Waals surface area contributed by atoms with E-state index in [1.807, 2.05) is 6.07 Å². The molecule has 4 amide bonds. The van der Waals surface area contributed by atoms with Crippen molar-refractivity contribution in [3.63, 3.8) is 0 Å². The van der Waals surface area contributed by atoms with Crippen molar-refractivity contribution in [2.24, 2.45) is 5.92 Å². The Balaban J connectivity index is 1.42. The molecule has 1 aliphatic heterocycles. The van der Waals surface area contributed by atoms with Crippen LogP contribution in [0, 0.1) is 5.92 Å². The zero-order valence-corrected chi connectivity index (χ0v) is 17.7. The smallest absolute Gasteiger partial charge is 0.325 e. The molecular formula is C20H22N4O5S. The Hall–Kier alpha value is -3.14. The molecule has 1 aromatic heterocycles. The van der Waals surface area contributed by atoms with Gasteiger partial charge in [0.25, 0.3) is 5.91 Å². The van der Waals surface area contributed by atoms with Crippen LogP contribution in [-0.2, 0) is 9.59 Å². The fraction of sp³-hybridized carbons (Fsp3) is 0.400. The van der Waals surface area contributed by atoms with Crippen molar-refractivity contribution in [1.29, 1.82) is 0 Å². The molecule has 9 nitrogen and oxygen atoms in total. The highest BCUT2D eigenvalue weighted by molar-refractivity contribution is 7.14. The molecule has 2 aromatic rings. The number of nitrogens with one attached hydrogen (secondary N) is 2. The third-order valence-electron chi connectivity index (χ3n) is 5.43. The molecule has 1 unspecified atom stereocenters. The lowest BCUT2D eigenvalue weighted by atomic mass is 9.96. The van der Waals surface area contributed by atoms with Gasteiger partial charge in [-0.15, -0.1) is 11.3 Å². The van der Waals surface area contributed by atoms with Gasteiger partial charge in [0.15, 0.2) is 16.6 Å². The largest absolute Gasteiger partial charge is 0.493 e. The molecular weight excluding hydrogens is 408 g/mol. The molecule has 30 heavy (non-hydrogen) atoms. The summed E-state index contributed by atoms with van der Waals surface area (Å²) in [6.45, 7) is 1.37. The van der Waals surface area contributed by atoms with Crippen LogP contribution in [0.1, 0.15) is 19.8 Å². The first kappa shape index (κ1) is 20.1. The van der Waals surface area contributed by atoms with Crippen LogP contribution in [0.25, 0.3) is 11.3 Å². The van der Waals surface area contributed by atoms with Crippen molar-refractivity contribution in [2.75, 3.05) is 26.1 Å². The summed E-state index contributed by atoms with van der Waals surface area (Å²) in [7, 11) is 3.12. The first-order valence-electron chi connectivity index (χ1n) is 9.47. The van der Waals surface area contributed by atoms with Gasteiger partial charge in [0, 0.05) is 10.9 Å². The SMILES string of the molecule is COc1ccc(-c2csc(NC(=O)CN3C(=O)NC(C)(C4CC4)C3=O)n2)cc1OC. The number of hydrogen-bond donors (Lipinski definition) is 2. The second-order valence-electron chi connectivity index (χ2n) is 7.45. The first-order chi connectivity index (χ1) is 14.4. The lowest BCUT2D eigenvalue weighted by Crippen LogP contribution is -2.46. The molecule has 1 saturated heterocycles. The minimum atomic E-state index is -0.904. The Morgan fingerprint density at radius 1 is 1.30 bits per heavy atom. The summed E-state index contributed by atoms with van der Waals surface area (Å²) in [5, 5.41) is 7.57. The molecule has 1 saturated carbocycles. The fourth-order valence-corrected chi connectivity index (χ4v) is 4.29. The Labute approximate surface area is 177 Å². The van der Waals surface area contributed by atoms with Gasteiger partial charge in [-0.25, -0.2) is 9.78 Å². The van der Waals surface area contributed by atoms with Gasteiger partial charge in [-0.1, -0.05) is 0 Å². The molecule has 2 fully saturated rings. The van der Waals surface area contributed by atoms with Crippen LogP contribution in [0.15, 0.2) is 23.6 Å². The summed E-state index contributed by atoms with van der Waals surface area (Å²) >= 11 is 1.25. The van der Waals surface area contributed by atoms with E-state index in [4.69, 9.17) is 9.47 Å². The van der Waals surface area contributed by atoms with E-state index in [0.717, 1.165) is 23.3 Å². The summed E-state index contributed by atoms with van der Waals surface area (Å²) in [6.07, 6.45) is 1.81. The van der Waals surface area contributed by atoms with Crippen molar-refractivity contribution in [3.8, 4) is 22.8 Å². The van der Waals surface area contributed by atoms with E-state index in [0.29, 0.717) is 22.3 Å². The van der Waals surface area contributed by atoms with E-state index >= 15 is 0 Å². The number of aromatic nitrogens is 1. The van der Waals surface area contributed by atoms with E-state index in [1.165, 1.54) is 11.3 Å². The quantitative estimate of drug-likeness (QED) is 0.653. The van der Waals surface area contributed by atoms with Crippen LogP contribution in [0.2, 0.25) is 0 Å². The van der Waals surface area contributed by atoms with Gasteiger partial charge in [-0.3, -0.25) is 14.5 Å². The third kappa shape index (κ3) is 3.58. The van der Waals surface area contributed by atoms with Crippen molar-refractivity contribution in [3.05, 3.63) is 23.6 Å². The predicted molar refractivity (Wildman–Crippen MR) is 111 cm³/mol. The van der Waals surface area contributed by atoms with E-state index in [-0.39, 0.29) is 18.4 Å². The predicted octanol–water partition coefficient (Wildman–Crippen LogP) is 2.49. The molecule has 1 aromatic carbocycles. The number of carbonyl (C=O) groups is 3. The highest BCUT2D eigenvalue weighted by Crippen LogP contribution is 2.42. The average molecular weight is 430 g/mol. The van der Waals surface area contributed by atoms with Crippen LogP contribution in [0.3, 0.4) is 0 Å². The maximum Gasteiger partial charge on any atom is 0.325 e.